The van der Waals surface area contributed by atoms with Crippen LogP contribution in [0.1, 0.15) is 33.8 Å². The third-order valence-corrected chi connectivity index (χ3v) is 4.27. The van der Waals surface area contributed by atoms with E-state index in [0.29, 0.717) is 10.9 Å². The first-order chi connectivity index (χ1) is 12.7. The molecule has 0 saturated carbocycles. The van der Waals surface area contributed by atoms with E-state index in [1.807, 2.05) is 0 Å². The van der Waals surface area contributed by atoms with Crippen molar-refractivity contribution in [2.75, 3.05) is 0 Å². The van der Waals surface area contributed by atoms with E-state index in [2.05, 4.69) is 4.98 Å². The Bertz CT molecular complexity index is 1010. The van der Waals surface area contributed by atoms with Crippen LogP contribution >= 0.6 is 0 Å². The number of alkyl halides is 3. The van der Waals surface area contributed by atoms with E-state index in [0.717, 1.165) is 24.3 Å². The number of benzene rings is 2. The minimum atomic E-state index is -4.53. The first kappa shape index (κ1) is 18.6. The second kappa shape index (κ2) is 6.86. The molecule has 1 unspecified atom stereocenters. The van der Waals surface area contributed by atoms with E-state index < -0.39 is 41.6 Å². The first-order valence-electron chi connectivity index (χ1n) is 7.86. The number of aromatic amines is 1. The molecule has 3 rings (SSSR count). The van der Waals surface area contributed by atoms with Gasteiger partial charge in [-0.1, -0.05) is 12.1 Å². The number of Topliss-reactive ketones (excluding diaryl/α,β-unsaturated/α-hetero) is 1. The number of aromatic nitrogens is 1. The lowest BCUT2D eigenvalue weighted by Gasteiger charge is -2.12. The fourth-order valence-electron chi connectivity index (χ4n) is 2.88. The molecule has 0 radical (unpaired) electrons. The fourth-order valence-corrected chi connectivity index (χ4v) is 2.88. The summed E-state index contributed by atoms with van der Waals surface area (Å²) in [5, 5.41) is 9.85. The molecule has 0 aliphatic rings. The van der Waals surface area contributed by atoms with Gasteiger partial charge in [0.25, 0.3) is 0 Å². The molecule has 4 nitrogen and oxygen atoms in total. The Morgan fingerprint density at radius 1 is 1.07 bits per heavy atom. The van der Waals surface area contributed by atoms with Crippen molar-refractivity contribution in [3.05, 3.63) is 71.2 Å². The van der Waals surface area contributed by atoms with Crippen LogP contribution in [0.25, 0.3) is 10.9 Å². The summed E-state index contributed by atoms with van der Waals surface area (Å²) in [4.78, 5) is 26.9. The summed E-state index contributed by atoms with van der Waals surface area (Å²) >= 11 is 0. The highest BCUT2D eigenvalue weighted by Crippen LogP contribution is 2.31. The van der Waals surface area contributed by atoms with Gasteiger partial charge in [0.15, 0.2) is 5.78 Å². The Morgan fingerprint density at radius 2 is 1.74 bits per heavy atom. The summed E-state index contributed by atoms with van der Waals surface area (Å²) in [6.07, 6.45) is -3.60. The average molecular weight is 379 g/mol. The van der Waals surface area contributed by atoms with Gasteiger partial charge in [-0.25, -0.2) is 4.39 Å². The number of carbonyl (C=O) groups excluding carboxylic acids is 1. The van der Waals surface area contributed by atoms with Gasteiger partial charge in [0.05, 0.1) is 11.5 Å². The highest BCUT2D eigenvalue weighted by atomic mass is 19.4. The molecule has 2 N–H and O–H groups in total. The van der Waals surface area contributed by atoms with Crippen LogP contribution in [0.5, 0.6) is 0 Å². The van der Waals surface area contributed by atoms with Gasteiger partial charge in [-0.05, 0) is 35.9 Å². The Labute approximate surface area is 150 Å². The molecular weight excluding hydrogens is 366 g/mol. The van der Waals surface area contributed by atoms with Crippen molar-refractivity contribution >= 4 is 22.7 Å². The van der Waals surface area contributed by atoms with E-state index in [1.54, 1.807) is 0 Å². The second-order valence-corrected chi connectivity index (χ2v) is 6.03. The molecule has 0 amide bonds. The zero-order chi connectivity index (χ0) is 19.8. The zero-order valence-electron chi connectivity index (χ0n) is 13.7. The number of H-pyrrole nitrogens is 1. The summed E-state index contributed by atoms with van der Waals surface area (Å²) in [6, 6.07) is 7.39. The van der Waals surface area contributed by atoms with Crippen molar-refractivity contribution in [3.63, 3.8) is 0 Å². The maximum atomic E-state index is 13.5. The molecule has 140 valence electrons. The van der Waals surface area contributed by atoms with E-state index in [9.17, 15) is 32.3 Å². The Morgan fingerprint density at radius 3 is 2.33 bits per heavy atom. The lowest BCUT2D eigenvalue weighted by Crippen LogP contribution is -2.16. The Kier molecular flexibility index (Phi) is 4.73. The standard InChI is InChI=1S/C19H13F4NO3/c20-12-5-6-16-13(7-12)15(9-24-16)14(18(26)27)8-17(25)10-1-3-11(4-2-10)19(21,22)23/h1-7,9,14,24H,8H2,(H,26,27). The number of rotatable bonds is 5. The predicted octanol–water partition coefficient (Wildman–Crippen LogP) is 4.77. The summed E-state index contributed by atoms with van der Waals surface area (Å²) in [5.74, 6) is -3.74. The molecule has 1 atom stereocenters. The molecule has 8 heteroatoms. The van der Waals surface area contributed by atoms with Crippen LogP contribution in [0, 0.1) is 5.82 Å². The molecule has 0 aliphatic heterocycles. The minimum absolute atomic E-state index is 0.0275. The normalized spacial score (nSPS) is 12.9. The Balaban J connectivity index is 1.89. The molecule has 0 bridgehead atoms. The average Bonchev–Trinajstić information content (AvgIpc) is 3.01. The van der Waals surface area contributed by atoms with Crippen LogP contribution in [-0.4, -0.2) is 21.8 Å². The smallest absolute Gasteiger partial charge is 0.416 e. The topological polar surface area (TPSA) is 70.2 Å². The fraction of sp³-hybridized carbons (Fsp3) is 0.158. The number of nitrogens with one attached hydrogen (secondary N) is 1. The van der Waals surface area contributed by atoms with E-state index in [1.165, 1.54) is 24.4 Å². The van der Waals surface area contributed by atoms with Crippen molar-refractivity contribution in [2.24, 2.45) is 0 Å². The summed E-state index contributed by atoms with van der Waals surface area (Å²) in [7, 11) is 0. The van der Waals surface area contributed by atoms with E-state index in [4.69, 9.17) is 0 Å². The highest BCUT2D eigenvalue weighted by molar-refractivity contribution is 6.00. The number of ketones is 1. The van der Waals surface area contributed by atoms with Gasteiger partial charge in [-0.15, -0.1) is 0 Å². The SMILES string of the molecule is O=C(CC(C(=O)O)c1c[nH]c2ccc(F)cc12)c1ccc(C(F)(F)F)cc1. The van der Waals surface area contributed by atoms with Crippen LogP contribution in [0.15, 0.2) is 48.7 Å². The van der Waals surface area contributed by atoms with E-state index in [-0.39, 0.29) is 11.1 Å². The molecule has 2 aromatic carbocycles. The van der Waals surface area contributed by atoms with Gasteiger partial charge < -0.3 is 10.1 Å². The van der Waals surface area contributed by atoms with Gasteiger partial charge >= 0.3 is 12.1 Å². The molecule has 0 spiro atoms. The maximum absolute atomic E-state index is 13.5. The highest BCUT2D eigenvalue weighted by Gasteiger charge is 2.31. The predicted molar refractivity (Wildman–Crippen MR) is 89.0 cm³/mol. The van der Waals surface area contributed by atoms with Gasteiger partial charge in [0.2, 0.25) is 0 Å². The molecule has 0 aliphatic carbocycles. The van der Waals surface area contributed by atoms with Gasteiger partial charge in [0, 0.05) is 29.1 Å². The maximum Gasteiger partial charge on any atom is 0.416 e. The first-order valence-corrected chi connectivity index (χ1v) is 7.86. The molecular formula is C19H13F4NO3. The van der Waals surface area contributed by atoms with Gasteiger partial charge in [-0.2, -0.15) is 13.2 Å². The number of carboxylic acid groups (broad SMARTS) is 1. The van der Waals surface area contributed by atoms with Gasteiger partial charge in [0.1, 0.15) is 5.82 Å². The van der Waals surface area contributed by atoms with Crippen LogP contribution < -0.4 is 0 Å². The van der Waals surface area contributed by atoms with Crippen LogP contribution in [0.2, 0.25) is 0 Å². The number of hydrogen-bond acceptors (Lipinski definition) is 2. The zero-order valence-corrected chi connectivity index (χ0v) is 13.7. The molecule has 0 saturated heterocycles. The third-order valence-electron chi connectivity index (χ3n) is 4.27. The quantitative estimate of drug-likeness (QED) is 0.496. The van der Waals surface area contributed by atoms with Crippen molar-refractivity contribution in [3.8, 4) is 0 Å². The lowest BCUT2D eigenvalue weighted by molar-refractivity contribution is -0.139. The molecule has 1 aromatic heterocycles. The number of fused-ring (bicyclic) bond motifs is 1. The second-order valence-electron chi connectivity index (χ2n) is 6.03. The molecule has 27 heavy (non-hydrogen) atoms. The number of carbonyl (C=O) groups is 2. The molecule has 3 aromatic rings. The van der Waals surface area contributed by atoms with E-state index >= 15 is 0 Å². The summed E-state index contributed by atoms with van der Waals surface area (Å²) in [6.45, 7) is 0. The number of carboxylic acids is 1. The van der Waals surface area contributed by atoms with Crippen LogP contribution in [0.3, 0.4) is 0 Å². The number of halogens is 4. The third kappa shape index (κ3) is 3.84. The largest absolute Gasteiger partial charge is 0.481 e. The van der Waals surface area contributed by atoms with Crippen molar-refractivity contribution in [1.82, 2.24) is 4.98 Å². The molecule has 0 fully saturated rings. The summed E-state index contributed by atoms with van der Waals surface area (Å²) < 4.78 is 51.3. The number of aliphatic carboxylic acids is 1. The van der Waals surface area contributed by atoms with Crippen molar-refractivity contribution in [2.45, 2.75) is 18.5 Å². The molecule has 1 heterocycles. The minimum Gasteiger partial charge on any atom is -0.481 e. The van der Waals surface area contributed by atoms with Gasteiger partial charge in [-0.3, -0.25) is 9.59 Å². The van der Waals surface area contributed by atoms with Crippen molar-refractivity contribution < 1.29 is 32.3 Å². The monoisotopic (exact) mass is 379 g/mol. The van der Waals surface area contributed by atoms with Crippen molar-refractivity contribution in [1.29, 1.82) is 0 Å². The lowest BCUT2D eigenvalue weighted by atomic mass is 9.91. The number of hydrogen-bond donors (Lipinski definition) is 2. The Hall–Kier alpha value is -3.16. The van der Waals surface area contributed by atoms with Crippen LogP contribution in [0.4, 0.5) is 17.6 Å². The van der Waals surface area contributed by atoms with Crippen LogP contribution in [-0.2, 0) is 11.0 Å². The summed E-state index contributed by atoms with van der Waals surface area (Å²) in [5.41, 5.74) is -0.182.